The monoisotopic (exact) mass is 666 g/mol. The average Bonchev–Trinajstić information content (AvgIpc) is 3.63. The number of carbonyl (C=O) groups excluding carboxylic acids is 3. The van der Waals surface area contributed by atoms with E-state index >= 15 is 0 Å². The Bertz CT molecular complexity index is 1940. The number of amides is 3. The number of aryl methyl sites for hydroxylation is 2. The fraction of sp³-hybridized carbons (Fsp3) is 0.306. The van der Waals surface area contributed by atoms with Gasteiger partial charge in [-0.15, -0.1) is 0 Å². The molecule has 2 aliphatic rings. The van der Waals surface area contributed by atoms with E-state index in [0.29, 0.717) is 52.8 Å². The number of fused-ring (bicyclic) bond motifs is 2. The van der Waals surface area contributed by atoms with Crippen LogP contribution in [0.3, 0.4) is 0 Å². The highest BCUT2D eigenvalue weighted by Gasteiger charge is 2.31. The minimum Gasteiger partial charge on any atom is -0.493 e. The zero-order valence-corrected chi connectivity index (χ0v) is 27.6. The number of aliphatic imine (C=N–C) groups is 1. The summed E-state index contributed by atoms with van der Waals surface area (Å²) < 4.78 is 14.7. The van der Waals surface area contributed by atoms with Crippen molar-refractivity contribution in [3.63, 3.8) is 0 Å². The molecule has 1 saturated heterocycles. The van der Waals surface area contributed by atoms with Crippen LogP contribution in [0.25, 0.3) is 11.1 Å². The molecule has 13 heteroatoms. The van der Waals surface area contributed by atoms with Crippen LogP contribution < -0.4 is 20.1 Å². The van der Waals surface area contributed by atoms with Gasteiger partial charge in [0, 0.05) is 63.0 Å². The van der Waals surface area contributed by atoms with Crippen LogP contribution in [0.2, 0.25) is 0 Å². The van der Waals surface area contributed by atoms with E-state index in [4.69, 9.17) is 9.47 Å². The van der Waals surface area contributed by atoms with E-state index in [0.717, 1.165) is 30.4 Å². The Balaban J connectivity index is 1.01. The second-order valence-corrected chi connectivity index (χ2v) is 12.1. The Labute approximate surface area is 283 Å². The third-order valence-electron chi connectivity index (χ3n) is 8.74. The average molecular weight is 667 g/mol. The van der Waals surface area contributed by atoms with Crippen molar-refractivity contribution in [2.24, 2.45) is 19.1 Å². The Hall–Kier alpha value is -5.85. The molecule has 3 amide bonds. The number of aromatic nitrogens is 2. The van der Waals surface area contributed by atoms with Crippen LogP contribution in [0.15, 0.2) is 65.9 Å². The lowest BCUT2D eigenvalue weighted by molar-refractivity contribution is -0.116. The topological polar surface area (TPSA) is 156 Å². The molecule has 0 saturated carbocycles. The maximum atomic E-state index is 13.2. The van der Waals surface area contributed by atoms with E-state index in [1.807, 2.05) is 11.1 Å². The summed E-state index contributed by atoms with van der Waals surface area (Å²) in [5.74, 6) is -0.769. The molecule has 6 rings (SSSR count). The molecule has 2 aliphatic heterocycles. The number of nitrogens with one attached hydrogen (secondary N) is 2. The van der Waals surface area contributed by atoms with Crippen molar-refractivity contribution in [3.8, 4) is 22.6 Å². The van der Waals surface area contributed by atoms with E-state index < -0.39 is 5.97 Å². The summed E-state index contributed by atoms with van der Waals surface area (Å²) in [5.41, 5.74) is 4.17. The number of rotatable bonds is 11. The Kier molecular flexibility index (Phi) is 9.51. The van der Waals surface area contributed by atoms with Crippen LogP contribution in [0, 0.1) is 0 Å². The summed E-state index contributed by atoms with van der Waals surface area (Å²) in [4.78, 5) is 56.8. The van der Waals surface area contributed by atoms with E-state index in [1.54, 1.807) is 84.2 Å². The number of nitrogens with zero attached hydrogens (tertiary/aromatic N) is 4. The smallest absolute Gasteiger partial charge is 0.352 e. The first-order chi connectivity index (χ1) is 23.6. The van der Waals surface area contributed by atoms with Crippen LogP contribution >= 0.6 is 0 Å². The van der Waals surface area contributed by atoms with E-state index in [9.17, 15) is 24.3 Å². The first-order valence-corrected chi connectivity index (χ1v) is 16.1. The van der Waals surface area contributed by atoms with Crippen molar-refractivity contribution in [2.75, 3.05) is 30.9 Å². The Morgan fingerprint density at radius 1 is 0.918 bits per heavy atom. The zero-order chi connectivity index (χ0) is 34.7. The van der Waals surface area contributed by atoms with Crippen LogP contribution in [0.4, 0.5) is 17.1 Å². The second kappa shape index (κ2) is 14.1. The maximum absolute atomic E-state index is 13.2. The van der Waals surface area contributed by atoms with Crippen LogP contribution in [-0.4, -0.2) is 75.3 Å². The van der Waals surface area contributed by atoms with Crippen molar-refractivity contribution >= 4 is 47.0 Å². The van der Waals surface area contributed by atoms with Gasteiger partial charge in [-0.25, -0.2) is 4.79 Å². The van der Waals surface area contributed by atoms with Gasteiger partial charge in [0.15, 0.2) is 11.5 Å². The Morgan fingerprint density at radius 3 is 2.43 bits per heavy atom. The summed E-state index contributed by atoms with van der Waals surface area (Å²) in [6, 6.07) is 13.7. The third-order valence-corrected chi connectivity index (χ3v) is 8.74. The van der Waals surface area contributed by atoms with Crippen molar-refractivity contribution < 1.29 is 33.8 Å². The van der Waals surface area contributed by atoms with Gasteiger partial charge in [-0.2, -0.15) is 0 Å². The number of methoxy groups -OCH3 is 1. The number of ether oxygens (including phenoxy) is 2. The lowest BCUT2D eigenvalue weighted by Crippen LogP contribution is -2.43. The molecule has 0 unspecified atom stereocenters. The number of benzene rings is 2. The molecular formula is C36H38N6O7. The molecule has 49 heavy (non-hydrogen) atoms. The van der Waals surface area contributed by atoms with Gasteiger partial charge in [0.1, 0.15) is 11.4 Å². The van der Waals surface area contributed by atoms with E-state index in [2.05, 4.69) is 15.6 Å². The van der Waals surface area contributed by atoms with Gasteiger partial charge in [-0.3, -0.25) is 19.4 Å². The molecule has 2 aromatic heterocycles. The van der Waals surface area contributed by atoms with Gasteiger partial charge >= 0.3 is 5.97 Å². The van der Waals surface area contributed by atoms with E-state index in [1.165, 1.54) is 7.11 Å². The molecule has 1 atom stereocenters. The number of carboxylic acids is 1. The SMILES string of the molecule is COc1cc2c(cc1OCCCC(=O)Nc1cc(C(=O)Nc3ccc(-c4cc(C(=O)O)n(C)c4)cc3)n(C)c1)N=C[C@@H]1CCCCN1C2=O. The third kappa shape index (κ3) is 7.20. The molecule has 0 bridgehead atoms. The fourth-order valence-corrected chi connectivity index (χ4v) is 6.16. The minimum atomic E-state index is -1.01. The number of aromatic carboxylic acids is 1. The van der Waals surface area contributed by atoms with Crippen LogP contribution in [-0.2, 0) is 18.9 Å². The summed E-state index contributed by atoms with van der Waals surface area (Å²) in [6.07, 6.45) is 8.77. The normalized spacial score (nSPS) is 15.2. The highest BCUT2D eigenvalue weighted by atomic mass is 16.5. The fourth-order valence-electron chi connectivity index (χ4n) is 6.16. The zero-order valence-electron chi connectivity index (χ0n) is 27.6. The van der Waals surface area contributed by atoms with Gasteiger partial charge in [0.2, 0.25) is 5.91 Å². The molecule has 4 aromatic rings. The first-order valence-electron chi connectivity index (χ1n) is 16.1. The van der Waals surface area contributed by atoms with Crippen molar-refractivity contribution in [2.45, 2.75) is 38.1 Å². The lowest BCUT2D eigenvalue weighted by atomic mass is 10.0. The summed E-state index contributed by atoms with van der Waals surface area (Å²) in [6.45, 7) is 0.945. The van der Waals surface area contributed by atoms with Gasteiger partial charge in [0.25, 0.3) is 11.8 Å². The van der Waals surface area contributed by atoms with Gasteiger partial charge < -0.3 is 39.2 Å². The number of carboxylic acid groups (broad SMARTS) is 1. The number of anilines is 2. The predicted octanol–water partition coefficient (Wildman–Crippen LogP) is 5.50. The van der Waals surface area contributed by atoms with Gasteiger partial charge in [-0.1, -0.05) is 12.1 Å². The number of hydrogen-bond acceptors (Lipinski definition) is 7. The highest BCUT2D eigenvalue weighted by Crippen LogP contribution is 2.38. The molecule has 1 fully saturated rings. The molecule has 254 valence electrons. The van der Waals surface area contributed by atoms with E-state index in [-0.39, 0.29) is 42.5 Å². The minimum absolute atomic E-state index is 0.00583. The first kappa shape index (κ1) is 33.1. The molecule has 0 spiro atoms. The number of carbonyl (C=O) groups is 4. The summed E-state index contributed by atoms with van der Waals surface area (Å²) >= 11 is 0. The van der Waals surface area contributed by atoms with Crippen LogP contribution in [0.1, 0.15) is 63.4 Å². The Morgan fingerprint density at radius 2 is 1.69 bits per heavy atom. The van der Waals surface area contributed by atoms with Gasteiger partial charge in [-0.05, 0) is 61.6 Å². The quantitative estimate of drug-likeness (QED) is 0.179. The second-order valence-electron chi connectivity index (χ2n) is 12.1. The largest absolute Gasteiger partial charge is 0.493 e. The molecule has 13 nitrogen and oxygen atoms in total. The molecule has 4 heterocycles. The maximum Gasteiger partial charge on any atom is 0.352 e. The highest BCUT2D eigenvalue weighted by molar-refractivity contribution is 6.05. The standard InChI is InChI=1S/C36H38N6O7/c1-40-20-23(15-30(40)36(46)47)22-9-11-24(12-10-22)39-34(44)29-16-25(21-41(29)2)38-33(43)8-6-14-49-32-18-28-27(17-31(32)48-3)35(45)42-13-5-4-7-26(42)19-37-28/h9-12,15-21,26H,4-8,13-14H2,1-3H3,(H,38,43)(H,39,44)(H,46,47)/t26-/m0/s1. The summed E-state index contributed by atoms with van der Waals surface area (Å²) in [5, 5.41) is 15.0. The van der Waals surface area contributed by atoms with Crippen molar-refractivity contribution in [1.29, 1.82) is 0 Å². The molecular weight excluding hydrogens is 628 g/mol. The molecule has 3 N–H and O–H groups in total. The lowest BCUT2D eigenvalue weighted by Gasteiger charge is -2.32. The number of hydrogen-bond donors (Lipinski definition) is 3. The molecule has 0 radical (unpaired) electrons. The molecule has 2 aromatic carbocycles. The van der Waals surface area contributed by atoms with Crippen molar-refractivity contribution in [1.82, 2.24) is 14.0 Å². The van der Waals surface area contributed by atoms with Gasteiger partial charge in [0.05, 0.1) is 36.7 Å². The van der Waals surface area contributed by atoms with Crippen molar-refractivity contribution in [3.05, 3.63) is 77.9 Å². The van der Waals surface area contributed by atoms with Crippen LogP contribution in [0.5, 0.6) is 11.5 Å². The summed E-state index contributed by atoms with van der Waals surface area (Å²) in [7, 11) is 4.91. The number of piperidine rings is 1. The predicted molar refractivity (Wildman–Crippen MR) is 184 cm³/mol. The molecule has 0 aliphatic carbocycles.